The van der Waals surface area contributed by atoms with Crippen molar-refractivity contribution in [2.45, 2.75) is 51.0 Å². The van der Waals surface area contributed by atoms with Gasteiger partial charge in [0.15, 0.2) is 11.6 Å². The highest BCUT2D eigenvalue weighted by molar-refractivity contribution is 5.30. The van der Waals surface area contributed by atoms with Gasteiger partial charge in [-0.25, -0.2) is 4.39 Å². The predicted molar refractivity (Wildman–Crippen MR) is 80.8 cm³/mol. The van der Waals surface area contributed by atoms with Gasteiger partial charge in [0, 0.05) is 0 Å². The highest BCUT2D eigenvalue weighted by Crippen LogP contribution is 2.56. The fourth-order valence-electron chi connectivity index (χ4n) is 3.85. The molecular weight excluding hydrogens is 267 g/mol. The van der Waals surface area contributed by atoms with Crippen LogP contribution in [0, 0.1) is 23.6 Å². The summed E-state index contributed by atoms with van der Waals surface area (Å²) in [5, 5.41) is 11.3. The molecule has 2 aliphatic rings. The molecule has 0 aliphatic heterocycles. The van der Waals surface area contributed by atoms with Gasteiger partial charge in [0.2, 0.25) is 0 Å². The van der Waals surface area contributed by atoms with E-state index in [2.05, 4.69) is 6.92 Å². The van der Waals surface area contributed by atoms with Crippen molar-refractivity contribution < 1.29 is 14.2 Å². The molecule has 1 atom stereocenters. The molecule has 0 spiro atoms. The van der Waals surface area contributed by atoms with Crippen LogP contribution >= 0.6 is 0 Å². The first-order valence-corrected chi connectivity index (χ1v) is 8.14. The molecule has 2 nitrogen and oxygen atoms in total. The van der Waals surface area contributed by atoms with E-state index in [9.17, 15) is 9.50 Å². The number of hydrogen-bond donors (Lipinski definition) is 1. The van der Waals surface area contributed by atoms with Crippen LogP contribution in [0.25, 0.3) is 0 Å². The molecule has 0 unspecified atom stereocenters. The van der Waals surface area contributed by atoms with Gasteiger partial charge >= 0.3 is 0 Å². The minimum Gasteiger partial charge on any atom is -0.494 e. The third-order valence-electron chi connectivity index (χ3n) is 5.31. The van der Waals surface area contributed by atoms with Crippen molar-refractivity contribution in [3.05, 3.63) is 29.6 Å². The van der Waals surface area contributed by atoms with Crippen LogP contribution < -0.4 is 4.74 Å². The average molecular weight is 292 g/mol. The molecule has 3 heteroatoms. The Labute approximate surface area is 126 Å². The fourth-order valence-corrected chi connectivity index (χ4v) is 3.85. The predicted octanol–water partition coefficient (Wildman–Crippen LogP) is 3.95. The number of methoxy groups -OCH3 is 1. The number of benzene rings is 1. The maximum atomic E-state index is 13.9. The van der Waals surface area contributed by atoms with Gasteiger partial charge in [-0.15, -0.1) is 0 Å². The lowest BCUT2D eigenvalue weighted by molar-refractivity contribution is -0.0608. The van der Waals surface area contributed by atoms with E-state index in [1.54, 1.807) is 12.1 Å². The number of rotatable bonds is 7. The molecule has 0 bridgehead atoms. The van der Waals surface area contributed by atoms with Gasteiger partial charge in [0.05, 0.1) is 12.7 Å². The van der Waals surface area contributed by atoms with E-state index >= 15 is 0 Å². The molecule has 2 fully saturated rings. The quantitative estimate of drug-likeness (QED) is 0.824. The summed E-state index contributed by atoms with van der Waals surface area (Å²) in [7, 11) is 1.48. The summed E-state index contributed by atoms with van der Waals surface area (Å²) in [5.41, 5.74) is 0.436. The fraction of sp³-hybridized carbons (Fsp3) is 0.667. The minimum absolute atomic E-state index is 0.227. The third kappa shape index (κ3) is 2.80. The second kappa shape index (κ2) is 5.60. The van der Waals surface area contributed by atoms with Gasteiger partial charge in [-0.2, -0.15) is 0 Å². The summed E-state index contributed by atoms with van der Waals surface area (Å²) in [6, 6.07) is 5.16. The van der Waals surface area contributed by atoms with Crippen LogP contribution in [-0.4, -0.2) is 17.8 Å². The van der Waals surface area contributed by atoms with E-state index in [0.717, 1.165) is 44.1 Å². The Morgan fingerprint density at radius 2 is 1.90 bits per heavy atom. The molecule has 2 aliphatic carbocycles. The van der Waals surface area contributed by atoms with Gasteiger partial charge < -0.3 is 9.84 Å². The Morgan fingerprint density at radius 1 is 1.29 bits per heavy atom. The van der Waals surface area contributed by atoms with Crippen LogP contribution in [0.1, 0.15) is 44.6 Å². The summed E-state index contributed by atoms with van der Waals surface area (Å²) in [5.74, 6) is 1.14. The number of hydrogen-bond acceptors (Lipinski definition) is 2. The molecule has 21 heavy (non-hydrogen) atoms. The average Bonchev–Trinajstić information content (AvgIpc) is 3.35. The van der Waals surface area contributed by atoms with Crippen molar-refractivity contribution in [2.24, 2.45) is 17.8 Å². The number of aliphatic hydroxyl groups is 1. The van der Waals surface area contributed by atoms with E-state index < -0.39 is 5.60 Å². The lowest BCUT2D eigenvalue weighted by Gasteiger charge is -2.37. The van der Waals surface area contributed by atoms with Crippen molar-refractivity contribution >= 4 is 0 Å². The van der Waals surface area contributed by atoms with E-state index in [0.29, 0.717) is 11.8 Å². The molecule has 2 saturated carbocycles. The highest BCUT2D eigenvalue weighted by Gasteiger charge is 2.56. The molecule has 116 valence electrons. The first kappa shape index (κ1) is 14.8. The zero-order valence-electron chi connectivity index (χ0n) is 12.9. The minimum atomic E-state index is -0.523. The largest absolute Gasteiger partial charge is 0.494 e. The second-order valence-electron chi connectivity index (χ2n) is 6.71. The first-order chi connectivity index (χ1) is 10.1. The molecule has 0 radical (unpaired) electrons. The Morgan fingerprint density at radius 3 is 2.33 bits per heavy atom. The summed E-state index contributed by atoms with van der Waals surface area (Å²) in [4.78, 5) is 0. The standard InChI is InChI=1S/C18H25FO2/c1-3-13(18(20,14-5-6-14)15-7-8-15)10-12-4-9-17(21-2)16(19)11-12/h4,9,11,13-15,20H,3,5-8,10H2,1-2H3/t13-/m0/s1. The van der Waals surface area contributed by atoms with Crippen molar-refractivity contribution in [1.82, 2.24) is 0 Å². The number of ether oxygens (including phenoxy) is 1. The summed E-state index contributed by atoms with van der Waals surface area (Å²) < 4.78 is 18.8. The number of halogens is 1. The molecule has 0 aromatic heterocycles. The molecule has 0 heterocycles. The van der Waals surface area contributed by atoms with E-state index in [-0.39, 0.29) is 17.5 Å². The molecular formula is C18H25FO2. The van der Waals surface area contributed by atoms with Crippen LogP contribution in [0.5, 0.6) is 5.75 Å². The Kier molecular flexibility index (Phi) is 3.96. The van der Waals surface area contributed by atoms with E-state index in [4.69, 9.17) is 4.74 Å². The Balaban J connectivity index is 1.79. The van der Waals surface area contributed by atoms with E-state index in [1.165, 1.54) is 7.11 Å². The molecule has 0 saturated heterocycles. The van der Waals surface area contributed by atoms with Gasteiger partial charge in [0.1, 0.15) is 0 Å². The normalized spacial score (nSPS) is 20.4. The third-order valence-corrected chi connectivity index (χ3v) is 5.31. The van der Waals surface area contributed by atoms with Crippen molar-refractivity contribution in [3.8, 4) is 5.75 Å². The van der Waals surface area contributed by atoms with E-state index in [1.807, 2.05) is 6.07 Å². The highest BCUT2D eigenvalue weighted by atomic mass is 19.1. The van der Waals surface area contributed by atoms with Gasteiger partial charge in [-0.1, -0.05) is 19.4 Å². The van der Waals surface area contributed by atoms with Gasteiger partial charge in [0.25, 0.3) is 0 Å². The zero-order valence-corrected chi connectivity index (χ0v) is 12.9. The van der Waals surface area contributed by atoms with Crippen LogP contribution in [0.15, 0.2) is 18.2 Å². The molecule has 0 amide bonds. The summed E-state index contributed by atoms with van der Waals surface area (Å²) in [6.45, 7) is 2.14. The van der Waals surface area contributed by atoms with Crippen LogP contribution in [0.2, 0.25) is 0 Å². The molecule has 1 aromatic rings. The maximum absolute atomic E-state index is 13.9. The smallest absolute Gasteiger partial charge is 0.165 e. The van der Waals surface area contributed by atoms with Gasteiger partial charge in [-0.05, 0) is 67.6 Å². The van der Waals surface area contributed by atoms with Crippen LogP contribution in [0.3, 0.4) is 0 Å². The van der Waals surface area contributed by atoms with Gasteiger partial charge in [-0.3, -0.25) is 0 Å². The van der Waals surface area contributed by atoms with Crippen molar-refractivity contribution in [2.75, 3.05) is 7.11 Å². The molecule has 1 N–H and O–H groups in total. The first-order valence-electron chi connectivity index (χ1n) is 8.14. The van der Waals surface area contributed by atoms with Crippen LogP contribution in [-0.2, 0) is 6.42 Å². The SMILES string of the molecule is CC[C@@H](Cc1ccc(OC)c(F)c1)C(O)(C1CC1)C1CC1. The van der Waals surface area contributed by atoms with Crippen molar-refractivity contribution in [3.63, 3.8) is 0 Å². The van der Waals surface area contributed by atoms with Crippen LogP contribution in [0.4, 0.5) is 4.39 Å². The molecule has 1 aromatic carbocycles. The lowest BCUT2D eigenvalue weighted by atomic mass is 9.74. The monoisotopic (exact) mass is 292 g/mol. The topological polar surface area (TPSA) is 29.5 Å². The Bertz CT molecular complexity index is 494. The lowest BCUT2D eigenvalue weighted by Crippen LogP contribution is -2.43. The maximum Gasteiger partial charge on any atom is 0.165 e. The second-order valence-corrected chi connectivity index (χ2v) is 6.71. The summed E-state index contributed by atoms with van der Waals surface area (Å²) in [6.07, 6.45) is 6.31. The van der Waals surface area contributed by atoms with Crippen molar-refractivity contribution in [1.29, 1.82) is 0 Å². The molecule has 3 rings (SSSR count). The zero-order chi connectivity index (χ0) is 15.0. The summed E-state index contributed by atoms with van der Waals surface area (Å²) >= 11 is 0. The Hall–Kier alpha value is -1.09.